The van der Waals surface area contributed by atoms with Gasteiger partial charge in [0.1, 0.15) is 0 Å². The minimum atomic E-state index is -0.0370. The Kier molecular flexibility index (Phi) is 6.74. The van der Waals surface area contributed by atoms with Crippen LogP contribution in [0.25, 0.3) is 16.3 Å². The molecule has 5 heteroatoms. The molecule has 0 aliphatic rings. The van der Waals surface area contributed by atoms with Crippen LogP contribution >= 0.6 is 11.3 Å². The molecular formula is C22H25N3OS. The molecule has 0 aliphatic heterocycles. The summed E-state index contributed by atoms with van der Waals surface area (Å²) < 4.78 is 1.10. The van der Waals surface area contributed by atoms with Crippen molar-refractivity contribution < 1.29 is 4.79 Å². The smallest absolute Gasteiger partial charge is 0.252 e. The summed E-state index contributed by atoms with van der Waals surface area (Å²) in [5.74, 6) is -0.0370. The minimum absolute atomic E-state index is 0.0370. The summed E-state index contributed by atoms with van der Waals surface area (Å²) in [7, 11) is 0. The molecule has 1 aromatic heterocycles. The van der Waals surface area contributed by atoms with Crippen molar-refractivity contribution in [3.8, 4) is 0 Å². The maximum Gasteiger partial charge on any atom is 0.252 e. The lowest BCUT2D eigenvalue weighted by Gasteiger charge is -2.23. The fourth-order valence-corrected chi connectivity index (χ4v) is 3.88. The van der Waals surface area contributed by atoms with E-state index in [9.17, 15) is 4.79 Å². The number of benzene rings is 2. The van der Waals surface area contributed by atoms with Crippen LogP contribution in [-0.2, 0) is 4.79 Å². The van der Waals surface area contributed by atoms with Crippen LogP contribution in [0.1, 0.15) is 19.4 Å². The molecule has 1 heterocycles. The molecule has 0 aliphatic carbocycles. The monoisotopic (exact) mass is 379 g/mol. The van der Waals surface area contributed by atoms with Crippen molar-refractivity contribution in [2.45, 2.75) is 13.8 Å². The number of anilines is 1. The summed E-state index contributed by atoms with van der Waals surface area (Å²) in [6.45, 7) is 7.68. The molecule has 0 bridgehead atoms. The number of amides is 1. The molecule has 0 fully saturated rings. The van der Waals surface area contributed by atoms with Crippen LogP contribution in [0.3, 0.4) is 0 Å². The first kappa shape index (κ1) is 19.3. The third kappa shape index (κ3) is 5.02. The van der Waals surface area contributed by atoms with Gasteiger partial charge in [-0.2, -0.15) is 0 Å². The average molecular weight is 380 g/mol. The van der Waals surface area contributed by atoms with Gasteiger partial charge in [0.25, 0.3) is 5.91 Å². The summed E-state index contributed by atoms with van der Waals surface area (Å²) in [5.41, 5.74) is 1.95. The zero-order valence-corrected chi connectivity index (χ0v) is 16.7. The molecule has 0 unspecified atom stereocenters. The van der Waals surface area contributed by atoms with E-state index in [1.807, 2.05) is 60.7 Å². The van der Waals surface area contributed by atoms with Gasteiger partial charge in [-0.25, -0.2) is 4.98 Å². The maximum absolute atomic E-state index is 13.0. The third-order valence-electron chi connectivity index (χ3n) is 4.53. The first-order valence-corrected chi connectivity index (χ1v) is 10.2. The summed E-state index contributed by atoms with van der Waals surface area (Å²) in [5, 5.41) is 0.756. The number of carbonyl (C=O) groups is 1. The van der Waals surface area contributed by atoms with Gasteiger partial charge in [0, 0.05) is 19.2 Å². The normalized spacial score (nSPS) is 11.5. The lowest BCUT2D eigenvalue weighted by atomic mass is 10.2. The Morgan fingerprint density at radius 2 is 1.70 bits per heavy atom. The molecule has 1 amide bonds. The molecule has 0 saturated carbocycles. The predicted octanol–water partition coefficient (Wildman–Crippen LogP) is 4.68. The van der Waals surface area contributed by atoms with E-state index in [4.69, 9.17) is 0 Å². The molecule has 27 heavy (non-hydrogen) atoms. The van der Waals surface area contributed by atoms with Gasteiger partial charge in [-0.3, -0.25) is 9.69 Å². The highest BCUT2D eigenvalue weighted by Crippen LogP contribution is 2.28. The van der Waals surface area contributed by atoms with Crippen LogP contribution in [0.5, 0.6) is 0 Å². The van der Waals surface area contributed by atoms with E-state index in [2.05, 4.69) is 23.7 Å². The van der Waals surface area contributed by atoms with E-state index in [0.29, 0.717) is 6.54 Å². The second-order valence-electron chi connectivity index (χ2n) is 6.22. The number of carbonyl (C=O) groups excluding carboxylic acids is 1. The molecule has 2 aromatic carbocycles. The minimum Gasteiger partial charge on any atom is -0.302 e. The standard InChI is InChI=1S/C22H25N3OS/c1-3-24(4-2)16-17-25(21(26)15-14-18-10-6-5-7-11-18)22-23-19-12-8-9-13-20(19)27-22/h5-15H,3-4,16-17H2,1-2H3. The number of likely N-dealkylation sites (N-methyl/N-ethyl adjacent to an activating group) is 1. The predicted molar refractivity (Wildman–Crippen MR) is 115 cm³/mol. The van der Waals surface area contributed by atoms with Gasteiger partial charge in [-0.15, -0.1) is 0 Å². The summed E-state index contributed by atoms with van der Waals surface area (Å²) in [6.07, 6.45) is 3.50. The highest BCUT2D eigenvalue weighted by atomic mass is 32.1. The molecule has 0 saturated heterocycles. The SMILES string of the molecule is CCN(CC)CCN(C(=O)C=Cc1ccccc1)c1nc2ccccc2s1. The van der Waals surface area contributed by atoms with E-state index in [-0.39, 0.29) is 5.91 Å². The van der Waals surface area contributed by atoms with Crippen molar-refractivity contribution >= 4 is 38.7 Å². The molecule has 0 spiro atoms. The van der Waals surface area contributed by atoms with Crippen molar-refractivity contribution in [1.29, 1.82) is 0 Å². The van der Waals surface area contributed by atoms with E-state index < -0.39 is 0 Å². The highest BCUT2D eigenvalue weighted by Gasteiger charge is 2.18. The van der Waals surface area contributed by atoms with Crippen molar-refractivity contribution in [2.24, 2.45) is 0 Å². The Labute approximate surface area is 164 Å². The quantitative estimate of drug-likeness (QED) is 0.533. The fraction of sp³-hybridized carbons (Fsp3) is 0.273. The number of hydrogen-bond acceptors (Lipinski definition) is 4. The maximum atomic E-state index is 13.0. The van der Waals surface area contributed by atoms with Crippen LogP contribution in [-0.4, -0.2) is 42.0 Å². The van der Waals surface area contributed by atoms with Crippen LogP contribution in [0.15, 0.2) is 60.7 Å². The zero-order valence-electron chi connectivity index (χ0n) is 15.8. The second kappa shape index (κ2) is 9.44. The Morgan fingerprint density at radius 1 is 1.00 bits per heavy atom. The van der Waals surface area contributed by atoms with E-state index >= 15 is 0 Å². The summed E-state index contributed by atoms with van der Waals surface area (Å²) in [4.78, 5) is 21.8. The number of rotatable bonds is 8. The number of thiazole rings is 1. The largest absolute Gasteiger partial charge is 0.302 e. The van der Waals surface area contributed by atoms with Gasteiger partial charge >= 0.3 is 0 Å². The molecule has 0 radical (unpaired) electrons. The molecule has 0 atom stereocenters. The van der Waals surface area contributed by atoms with Crippen molar-refractivity contribution in [3.05, 3.63) is 66.2 Å². The van der Waals surface area contributed by atoms with Crippen molar-refractivity contribution in [2.75, 3.05) is 31.1 Å². The summed E-state index contributed by atoms with van der Waals surface area (Å²) in [6, 6.07) is 17.9. The van der Waals surface area contributed by atoms with Gasteiger partial charge in [-0.1, -0.05) is 67.6 Å². The van der Waals surface area contributed by atoms with Gasteiger partial charge in [0.15, 0.2) is 5.13 Å². The lowest BCUT2D eigenvalue weighted by Crippen LogP contribution is -2.38. The average Bonchev–Trinajstić information content (AvgIpc) is 3.14. The Bertz CT molecular complexity index is 867. The van der Waals surface area contributed by atoms with Crippen LogP contribution < -0.4 is 4.90 Å². The highest BCUT2D eigenvalue weighted by molar-refractivity contribution is 7.22. The molecule has 3 rings (SSSR count). The Morgan fingerprint density at radius 3 is 2.41 bits per heavy atom. The van der Waals surface area contributed by atoms with E-state index in [0.717, 1.165) is 40.5 Å². The number of hydrogen-bond donors (Lipinski definition) is 0. The topological polar surface area (TPSA) is 36.4 Å². The molecule has 0 N–H and O–H groups in total. The first-order valence-electron chi connectivity index (χ1n) is 9.33. The summed E-state index contributed by atoms with van der Waals surface area (Å²) >= 11 is 1.56. The third-order valence-corrected chi connectivity index (χ3v) is 5.59. The first-order chi connectivity index (χ1) is 13.2. The van der Waals surface area contributed by atoms with E-state index in [1.54, 1.807) is 22.3 Å². The van der Waals surface area contributed by atoms with Gasteiger partial charge in [0.2, 0.25) is 0 Å². The molecular weight excluding hydrogens is 354 g/mol. The Balaban J connectivity index is 1.84. The number of aromatic nitrogens is 1. The van der Waals surface area contributed by atoms with Gasteiger partial charge in [0.05, 0.1) is 10.2 Å². The molecule has 140 valence electrons. The lowest BCUT2D eigenvalue weighted by molar-refractivity contribution is -0.114. The second-order valence-corrected chi connectivity index (χ2v) is 7.23. The zero-order chi connectivity index (χ0) is 19.1. The van der Waals surface area contributed by atoms with Gasteiger partial charge < -0.3 is 4.90 Å². The van der Waals surface area contributed by atoms with Crippen LogP contribution in [0.4, 0.5) is 5.13 Å². The molecule has 3 aromatic rings. The number of fused-ring (bicyclic) bond motifs is 1. The number of nitrogens with zero attached hydrogens (tertiary/aromatic N) is 3. The number of para-hydroxylation sites is 1. The van der Waals surface area contributed by atoms with E-state index in [1.165, 1.54) is 0 Å². The van der Waals surface area contributed by atoms with Crippen molar-refractivity contribution in [1.82, 2.24) is 9.88 Å². The fourth-order valence-electron chi connectivity index (χ4n) is 2.88. The van der Waals surface area contributed by atoms with Crippen LogP contribution in [0, 0.1) is 0 Å². The van der Waals surface area contributed by atoms with Crippen molar-refractivity contribution in [3.63, 3.8) is 0 Å². The Hall–Kier alpha value is -2.50. The van der Waals surface area contributed by atoms with Crippen LogP contribution in [0.2, 0.25) is 0 Å². The molecule has 4 nitrogen and oxygen atoms in total. The van der Waals surface area contributed by atoms with Gasteiger partial charge in [-0.05, 0) is 36.9 Å².